The lowest BCUT2D eigenvalue weighted by atomic mass is 10.1. The average Bonchev–Trinajstić information content (AvgIpc) is 2.58. The number of alkyl carbamates (subject to hydrolysis) is 1. The molecule has 0 saturated carbocycles. The maximum absolute atomic E-state index is 10.8. The van der Waals surface area contributed by atoms with Gasteiger partial charge in [0.25, 0.3) is 0 Å². The van der Waals surface area contributed by atoms with Crippen LogP contribution in [0.1, 0.15) is 18.7 Å². The number of carbonyl (C=O) groups is 1. The molecule has 0 bridgehead atoms. The second-order valence-corrected chi connectivity index (χ2v) is 2.75. The van der Waals surface area contributed by atoms with Crippen molar-refractivity contribution < 1.29 is 13.9 Å². The summed E-state index contributed by atoms with van der Waals surface area (Å²) in [5.74, 6) is 0.730. The van der Waals surface area contributed by atoms with E-state index in [1.165, 1.54) is 0 Å². The number of nitrogens with one attached hydrogen (secondary N) is 1. The highest BCUT2D eigenvalue weighted by Gasteiger charge is 2.33. The molecule has 2 rings (SSSR count). The smallest absolute Gasteiger partial charge is 0.408 e. The number of ether oxygens (including phenoxy) is 1. The van der Waals surface area contributed by atoms with Crippen LogP contribution < -0.4 is 5.32 Å². The van der Waals surface area contributed by atoms with Gasteiger partial charge in [0.1, 0.15) is 17.9 Å². The van der Waals surface area contributed by atoms with Gasteiger partial charge in [-0.3, -0.25) is 0 Å². The second kappa shape index (κ2) is 2.55. The van der Waals surface area contributed by atoms with Gasteiger partial charge in [-0.2, -0.15) is 0 Å². The zero-order valence-corrected chi connectivity index (χ0v) is 6.61. The van der Waals surface area contributed by atoms with Crippen LogP contribution in [0.2, 0.25) is 0 Å². The normalized spacial score (nSPS) is 28.2. The van der Waals surface area contributed by atoms with E-state index >= 15 is 0 Å². The number of carbonyl (C=O) groups excluding carboxylic acids is 1. The van der Waals surface area contributed by atoms with Gasteiger partial charge < -0.3 is 14.5 Å². The van der Waals surface area contributed by atoms with Gasteiger partial charge in [-0.05, 0) is 19.1 Å². The van der Waals surface area contributed by atoms with Crippen LogP contribution in [0, 0.1) is 0 Å². The van der Waals surface area contributed by atoms with Crippen LogP contribution in [-0.2, 0) is 4.74 Å². The lowest BCUT2D eigenvalue weighted by Gasteiger charge is -2.08. The van der Waals surface area contributed by atoms with E-state index in [1.807, 2.05) is 13.0 Å². The van der Waals surface area contributed by atoms with Gasteiger partial charge in [0.05, 0.1) is 6.26 Å². The van der Waals surface area contributed by atoms with Crippen LogP contribution in [0.3, 0.4) is 0 Å². The van der Waals surface area contributed by atoms with E-state index in [-0.39, 0.29) is 18.2 Å². The summed E-state index contributed by atoms with van der Waals surface area (Å²) in [5, 5.41) is 2.65. The van der Waals surface area contributed by atoms with Crippen molar-refractivity contribution in [2.75, 3.05) is 0 Å². The molecule has 2 atom stereocenters. The molecule has 1 aliphatic heterocycles. The molecule has 64 valence electrons. The average molecular weight is 167 g/mol. The Bertz CT molecular complexity index is 281. The molecule has 1 aromatic rings. The van der Waals surface area contributed by atoms with Crippen molar-refractivity contribution in [2.24, 2.45) is 0 Å². The van der Waals surface area contributed by atoms with Crippen LogP contribution in [0.5, 0.6) is 0 Å². The minimum absolute atomic E-state index is 0.146. The summed E-state index contributed by atoms with van der Waals surface area (Å²) in [6.07, 6.45) is 1.03. The van der Waals surface area contributed by atoms with E-state index in [2.05, 4.69) is 5.32 Å². The maximum Gasteiger partial charge on any atom is 0.408 e. The predicted molar refractivity (Wildman–Crippen MR) is 40.5 cm³/mol. The fraction of sp³-hybridized carbons (Fsp3) is 0.375. The molecule has 4 heteroatoms. The van der Waals surface area contributed by atoms with Gasteiger partial charge in [0.2, 0.25) is 0 Å². The Kier molecular flexibility index (Phi) is 1.53. The number of rotatable bonds is 1. The molecule has 1 fully saturated rings. The standard InChI is InChI=1S/C8H9NO3/c1-5-7(9-8(10)12-5)6-3-2-4-11-6/h2-5,7H,1H3,(H,9,10)/t5-,7+/m0/s1. The number of hydrogen-bond acceptors (Lipinski definition) is 3. The number of amides is 1. The first-order chi connectivity index (χ1) is 5.77. The molecule has 0 radical (unpaired) electrons. The molecular weight excluding hydrogens is 158 g/mol. The highest BCUT2D eigenvalue weighted by atomic mass is 16.6. The van der Waals surface area contributed by atoms with Gasteiger partial charge >= 0.3 is 6.09 Å². The lowest BCUT2D eigenvalue weighted by Crippen LogP contribution is -2.20. The van der Waals surface area contributed by atoms with Crippen LogP contribution >= 0.6 is 0 Å². The SMILES string of the molecule is C[C@@H]1OC(=O)N[C@H]1c1ccco1. The van der Waals surface area contributed by atoms with Gasteiger partial charge in [-0.1, -0.05) is 0 Å². The first kappa shape index (κ1) is 7.21. The topological polar surface area (TPSA) is 51.5 Å². The molecule has 12 heavy (non-hydrogen) atoms. The molecule has 1 saturated heterocycles. The summed E-state index contributed by atoms with van der Waals surface area (Å²) in [5.41, 5.74) is 0. The zero-order chi connectivity index (χ0) is 8.55. The van der Waals surface area contributed by atoms with Crippen molar-refractivity contribution >= 4 is 6.09 Å². The van der Waals surface area contributed by atoms with E-state index in [1.54, 1.807) is 12.3 Å². The molecule has 0 aliphatic carbocycles. The summed E-state index contributed by atoms with van der Waals surface area (Å²) < 4.78 is 10.0. The molecule has 4 nitrogen and oxygen atoms in total. The fourth-order valence-electron chi connectivity index (χ4n) is 1.29. The van der Waals surface area contributed by atoms with Crippen LogP contribution in [0.15, 0.2) is 22.8 Å². The molecular formula is C8H9NO3. The summed E-state index contributed by atoms with van der Waals surface area (Å²) in [6.45, 7) is 1.82. The number of cyclic esters (lactones) is 1. The van der Waals surface area contributed by atoms with Crippen LogP contribution in [-0.4, -0.2) is 12.2 Å². The molecule has 1 aromatic heterocycles. The van der Waals surface area contributed by atoms with Crippen molar-refractivity contribution in [2.45, 2.75) is 19.1 Å². The summed E-state index contributed by atoms with van der Waals surface area (Å²) in [7, 11) is 0. The fourth-order valence-corrected chi connectivity index (χ4v) is 1.29. The lowest BCUT2D eigenvalue weighted by molar-refractivity contribution is 0.139. The molecule has 0 aromatic carbocycles. The third kappa shape index (κ3) is 1.05. The Balaban J connectivity index is 2.20. The minimum atomic E-state index is -0.385. The molecule has 1 amide bonds. The van der Waals surface area contributed by atoms with E-state index in [9.17, 15) is 4.79 Å². The quantitative estimate of drug-likeness (QED) is 0.688. The van der Waals surface area contributed by atoms with E-state index in [0.717, 1.165) is 5.76 Å². The van der Waals surface area contributed by atoms with Crippen LogP contribution in [0.4, 0.5) is 4.79 Å². The third-order valence-electron chi connectivity index (χ3n) is 1.89. The van der Waals surface area contributed by atoms with Gasteiger partial charge in [-0.15, -0.1) is 0 Å². The van der Waals surface area contributed by atoms with Gasteiger partial charge in [0, 0.05) is 0 Å². The van der Waals surface area contributed by atoms with Crippen molar-refractivity contribution in [1.82, 2.24) is 5.32 Å². The Labute approximate surface area is 69.5 Å². The van der Waals surface area contributed by atoms with Crippen molar-refractivity contribution in [1.29, 1.82) is 0 Å². The van der Waals surface area contributed by atoms with Crippen molar-refractivity contribution in [3.63, 3.8) is 0 Å². The second-order valence-electron chi connectivity index (χ2n) is 2.75. The number of furan rings is 1. The first-order valence-electron chi connectivity index (χ1n) is 3.78. The summed E-state index contributed by atoms with van der Waals surface area (Å²) >= 11 is 0. The monoisotopic (exact) mass is 167 g/mol. The third-order valence-corrected chi connectivity index (χ3v) is 1.89. The molecule has 1 N–H and O–H groups in total. The van der Waals surface area contributed by atoms with E-state index in [4.69, 9.17) is 9.15 Å². The Morgan fingerprint density at radius 2 is 2.42 bits per heavy atom. The minimum Gasteiger partial charge on any atom is -0.467 e. The van der Waals surface area contributed by atoms with Gasteiger partial charge in [-0.25, -0.2) is 4.79 Å². The Morgan fingerprint density at radius 1 is 1.58 bits per heavy atom. The van der Waals surface area contributed by atoms with E-state index < -0.39 is 0 Å². The molecule has 0 unspecified atom stereocenters. The van der Waals surface area contributed by atoms with Crippen LogP contribution in [0.25, 0.3) is 0 Å². The van der Waals surface area contributed by atoms with Gasteiger partial charge in [0.15, 0.2) is 0 Å². The highest BCUT2D eigenvalue weighted by molar-refractivity contribution is 5.70. The van der Waals surface area contributed by atoms with Crippen molar-refractivity contribution in [3.05, 3.63) is 24.2 Å². The Hall–Kier alpha value is -1.45. The predicted octanol–water partition coefficient (Wildman–Crippen LogP) is 1.45. The number of hydrogen-bond donors (Lipinski definition) is 1. The highest BCUT2D eigenvalue weighted by Crippen LogP contribution is 2.24. The molecule has 2 heterocycles. The van der Waals surface area contributed by atoms with E-state index in [0.29, 0.717) is 0 Å². The van der Waals surface area contributed by atoms with Crippen molar-refractivity contribution in [3.8, 4) is 0 Å². The summed E-state index contributed by atoms with van der Waals surface area (Å²) in [6, 6.07) is 3.45. The Morgan fingerprint density at radius 3 is 2.92 bits per heavy atom. The summed E-state index contributed by atoms with van der Waals surface area (Å²) in [4.78, 5) is 10.8. The molecule has 0 spiro atoms. The maximum atomic E-state index is 10.8. The first-order valence-corrected chi connectivity index (χ1v) is 3.78. The zero-order valence-electron chi connectivity index (χ0n) is 6.61. The molecule has 1 aliphatic rings. The largest absolute Gasteiger partial charge is 0.467 e.